The Balaban J connectivity index is 1.48. The monoisotopic (exact) mass is 369 g/mol. The van der Waals surface area contributed by atoms with Crippen LogP contribution in [0.1, 0.15) is 35.1 Å². The Kier molecular flexibility index (Phi) is 4.68. The van der Waals surface area contributed by atoms with Gasteiger partial charge in [0.1, 0.15) is 11.5 Å². The molecule has 0 bridgehead atoms. The van der Waals surface area contributed by atoms with E-state index in [0.717, 1.165) is 37.3 Å². The maximum absolute atomic E-state index is 13.0. The number of H-pyrrole nitrogens is 1. The molecule has 0 atom stereocenters. The Morgan fingerprint density at radius 3 is 2.74 bits per heavy atom. The van der Waals surface area contributed by atoms with Crippen LogP contribution in [0.4, 0.5) is 10.3 Å². The number of halogens is 1. The Morgan fingerprint density at radius 2 is 2.00 bits per heavy atom. The van der Waals surface area contributed by atoms with E-state index in [1.807, 2.05) is 0 Å². The predicted molar refractivity (Wildman–Crippen MR) is 97.8 cm³/mol. The van der Waals surface area contributed by atoms with Crippen LogP contribution in [-0.2, 0) is 7.05 Å². The van der Waals surface area contributed by atoms with Gasteiger partial charge in [-0.2, -0.15) is 15.2 Å². The molecule has 27 heavy (non-hydrogen) atoms. The number of nitrogens with zero attached hydrogens (tertiary/aromatic N) is 4. The van der Waals surface area contributed by atoms with Gasteiger partial charge < -0.3 is 5.32 Å². The first-order valence-electron chi connectivity index (χ1n) is 8.84. The molecule has 0 saturated carbocycles. The van der Waals surface area contributed by atoms with Gasteiger partial charge in [-0.25, -0.2) is 9.07 Å². The second kappa shape index (κ2) is 7.28. The summed E-state index contributed by atoms with van der Waals surface area (Å²) in [6.45, 7) is 1.90. The van der Waals surface area contributed by atoms with Crippen LogP contribution >= 0.6 is 0 Å². The van der Waals surface area contributed by atoms with Gasteiger partial charge in [0.25, 0.3) is 5.91 Å². The van der Waals surface area contributed by atoms with Crippen molar-refractivity contribution in [3.8, 4) is 11.3 Å². The highest BCUT2D eigenvalue weighted by molar-refractivity contribution is 6.02. The topological polar surface area (TPSA) is 101 Å². The first-order valence-corrected chi connectivity index (χ1v) is 8.84. The van der Waals surface area contributed by atoms with Crippen LogP contribution in [0.25, 0.3) is 11.3 Å². The van der Waals surface area contributed by atoms with Gasteiger partial charge >= 0.3 is 0 Å². The molecule has 1 aliphatic heterocycles. The van der Waals surface area contributed by atoms with Crippen LogP contribution in [0, 0.1) is 5.82 Å². The zero-order valence-electron chi connectivity index (χ0n) is 14.9. The van der Waals surface area contributed by atoms with E-state index >= 15 is 0 Å². The second-order valence-electron chi connectivity index (χ2n) is 6.57. The lowest BCUT2D eigenvalue weighted by Crippen LogP contribution is -2.27. The van der Waals surface area contributed by atoms with Crippen LogP contribution in [0.3, 0.4) is 0 Å². The molecule has 0 aliphatic carbocycles. The van der Waals surface area contributed by atoms with E-state index in [4.69, 9.17) is 0 Å². The molecule has 1 saturated heterocycles. The summed E-state index contributed by atoms with van der Waals surface area (Å²) in [5, 5.41) is 17.4. The number of nitrogens with one attached hydrogen (secondary N) is 3. The van der Waals surface area contributed by atoms with Crippen molar-refractivity contribution in [1.29, 1.82) is 0 Å². The van der Waals surface area contributed by atoms with Crippen LogP contribution < -0.4 is 10.6 Å². The second-order valence-corrected chi connectivity index (χ2v) is 6.57. The van der Waals surface area contributed by atoms with Gasteiger partial charge in [0, 0.05) is 18.5 Å². The first-order chi connectivity index (χ1) is 13.1. The summed E-state index contributed by atoms with van der Waals surface area (Å²) in [7, 11) is 1.75. The molecule has 1 aliphatic rings. The highest BCUT2D eigenvalue weighted by atomic mass is 19.1. The zero-order chi connectivity index (χ0) is 18.8. The van der Waals surface area contributed by atoms with E-state index in [0.29, 0.717) is 23.3 Å². The molecule has 2 aromatic heterocycles. The first kappa shape index (κ1) is 17.3. The molecular formula is C18H20FN7O. The minimum absolute atomic E-state index is 0.292. The minimum atomic E-state index is -0.358. The number of hydrogen-bond acceptors (Lipinski definition) is 5. The van der Waals surface area contributed by atoms with Crippen molar-refractivity contribution in [3.63, 3.8) is 0 Å². The molecular weight excluding hydrogens is 349 g/mol. The summed E-state index contributed by atoms with van der Waals surface area (Å²) in [6.07, 6.45) is 1.97. The number of benzene rings is 1. The van der Waals surface area contributed by atoms with Crippen molar-refractivity contribution in [1.82, 2.24) is 30.3 Å². The minimum Gasteiger partial charge on any atom is -0.317 e. The molecule has 0 spiro atoms. The number of carbonyl (C=O) groups excluding carboxylic acids is 1. The third-order valence-electron chi connectivity index (χ3n) is 4.67. The Hall–Kier alpha value is -3.07. The molecule has 8 nitrogen and oxygen atoms in total. The number of rotatable bonds is 4. The van der Waals surface area contributed by atoms with Crippen molar-refractivity contribution in [3.05, 3.63) is 47.7 Å². The molecule has 3 heterocycles. The lowest BCUT2D eigenvalue weighted by atomic mass is 9.98. The normalized spacial score (nSPS) is 15.0. The maximum Gasteiger partial charge on any atom is 0.276 e. The summed E-state index contributed by atoms with van der Waals surface area (Å²) < 4.78 is 14.6. The van der Waals surface area contributed by atoms with Gasteiger partial charge in [0.15, 0.2) is 5.82 Å². The van der Waals surface area contributed by atoms with Gasteiger partial charge in [-0.05, 0) is 56.3 Å². The van der Waals surface area contributed by atoms with E-state index in [2.05, 4.69) is 30.9 Å². The van der Waals surface area contributed by atoms with Gasteiger partial charge in [-0.3, -0.25) is 15.2 Å². The molecule has 0 unspecified atom stereocenters. The third kappa shape index (κ3) is 3.72. The van der Waals surface area contributed by atoms with E-state index in [9.17, 15) is 9.18 Å². The van der Waals surface area contributed by atoms with Crippen molar-refractivity contribution in [2.45, 2.75) is 18.8 Å². The highest BCUT2D eigenvalue weighted by Crippen LogP contribution is 2.23. The van der Waals surface area contributed by atoms with E-state index < -0.39 is 0 Å². The fourth-order valence-electron chi connectivity index (χ4n) is 3.14. The average Bonchev–Trinajstić information content (AvgIpc) is 3.31. The lowest BCUT2D eigenvalue weighted by Gasteiger charge is -2.19. The van der Waals surface area contributed by atoms with Crippen LogP contribution in [0.5, 0.6) is 0 Å². The van der Waals surface area contributed by atoms with Crippen LogP contribution in [-0.4, -0.2) is 44.0 Å². The molecule has 140 valence electrons. The largest absolute Gasteiger partial charge is 0.317 e. The summed E-state index contributed by atoms with van der Waals surface area (Å²) in [4.78, 5) is 17.0. The van der Waals surface area contributed by atoms with Crippen molar-refractivity contribution < 1.29 is 9.18 Å². The summed E-state index contributed by atoms with van der Waals surface area (Å²) in [5.74, 6) is 0.778. The molecule has 1 aromatic carbocycles. The Labute approximate surface area is 155 Å². The Bertz CT molecular complexity index is 941. The summed E-state index contributed by atoms with van der Waals surface area (Å²) >= 11 is 0. The van der Waals surface area contributed by atoms with E-state index in [-0.39, 0.29) is 11.7 Å². The van der Waals surface area contributed by atoms with Gasteiger partial charge in [0.05, 0.1) is 5.69 Å². The summed E-state index contributed by atoms with van der Waals surface area (Å²) in [5.41, 5.74) is 1.58. The van der Waals surface area contributed by atoms with Crippen molar-refractivity contribution in [2.24, 2.45) is 7.05 Å². The fourth-order valence-corrected chi connectivity index (χ4v) is 3.14. The average molecular weight is 369 g/mol. The molecule has 1 fully saturated rings. The van der Waals surface area contributed by atoms with Crippen LogP contribution in [0.2, 0.25) is 0 Å². The van der Waals surface area contributed by atoms with Gasteiger partial charge in [-0.15, -0.1) is 0 Å². The number of carbonyl (C=O) groups is 1. The summed E-state index contributed by atoms with van der Waals surface area (Å²) in [6, 6.07) is 7.55. The third-order valence-corrected chi connectivity index (χ3v) is 4.67. The molecule has 9 heteroatoms. The zero-order valence-corrected chi connectivity index (χ0v) is 14.9. The van der Waals surface area contributed by atoms with Crippen molar-refractivity contribution >= 4 is 11.9 Å². The number of amides is 1. The van der Waals surface area contributed by atoms with Gasteiger partial charge in [-0.1, -0.05) is 0 Å². The number of aryl methyl sites for hydroxylation is 1. The number of aromatic nitrogens is 5. The molecule has 4 rings (SSSR count). The highest BCUT2D eigenvalue weighted by Gasteiger charge is 2.22. The van der Waals surface area contributed by atoms with E-state index in [1.165, 1.54) is 12.1 Å². The number of piperidine rings is 1. The molecule has 1 amide bonds. The molecule has 3 N–H and O–H groups in total. The van der Waals surface area contributed by atoms with Gasteiger partial charge in [0.2, 0.25) is 5.95 Å². The molecule has 3 aromatic rings. The van der Waals surface area contributed by atoms with Crippen LogP contribution in [0.15, 0.2) is 30.3 Å². The quantitative estimate of drug-likeness (QED) is 0.654. The molecule has 0 radical (unpaired) electrons. The smallest absolute Gasteiger partial charge is 0.276 e. The number of aromatic amines is 1. The number of anilines is 1. The Morgan fingerprint density at radius 1 is 1.26 bits per heavy atom. The SMILES string of the molecule is Cn1nc(C2CCNCC2)nc1NC(=O)c1cc(-c2ccc(F)cc2)n[nH]1. The predicted octanol–water partition coefficient (Wildman–Crippen LogP) is 2.06. The fraction of sp³-hybridized carbons (Fsp3) is 0.333. The standard InChI is InChI=1S/C18H20FN7O/c1-26-18(21-16(25-26)12-6-8-20-9-7-12)22-17(27)15-10-14(23-24-15)11-2-4-13(19)5-3-11/h2-5,10,12,20H,6-9H2,1H3,(H,23,24)(H,21,22,25,27). The van der Waals surface area contributed by atoms with E-state index in [1.54, 1.807) is 29.9 Å². The van der Waals surface area contributed by atoms with Crippen molar-refractivity contribution in [2.75, 3.05) is 18.4 Å². The number of hydrogen-bond donors (Lipinski definition) is 3. The lowest BCUT2D eigenvalue weighted by molar-refractivity contribution is 0.102. The maximum atomic E-state index is 13.0.